The van der Waals surface area contributed by atoms with Gasteiger partial charge in [-0.3, -0.25) is 0 Å². The third kappa shape index (κ3) is 2.18. The third-order valence-electron chi connectivity index (χ3n) is 4.60. The third-order valence-corrected chi connectivity index (χ3v) is 5.71. The molecule has 0 saturated carbocycles. The fourth-order valence-corrected chi connectivity index (χ4v) is 4.34. The van der Waals surface area contributed by atoms with E-state index in [0.717, 1.165) is 21.6 Å². The second-order valence-electron chi connectivity index (χ2n) is 6.05. The lowest BCUT2D eigenvalue weighted by Crippen LogP contribution is -2.09. The first-order chi connectivity index (χ1) is 12.3. The van der Waals surface area contributed by atoms with E-state index >= 15 is 0 Å². The van der Waals surface area contributed by atoms with E-state index in [0.29, 0.717) is 0 Å². The van der Waals surface area contributed by atoms with E-state index in [1.807, 2.05) is 13.1 Å². The second-order valence-corrected chi connectivity index (χ2v) is 7.06. The van der Waals surface area contributed by atoms with Gasteiger partial charge in [-0.25, -0.2) is 0 Å². The molecular formula is C21H15N3S. The van der Waals surface area contributed by atoms with Crippen molar-refractivity contribution in [2.75, 3.05) is 0 Å². The molecule has 0 spiro atoms. The number of rotatable bonds is 1. The zero-order valence-electron chi connectivity index (χ0n) is 13.7. The molecule has 3 aromatic carbocycles. The van der Waals surface area contributed by atoms with Crippen LogP contribution in [0.25, 0.3) is 21.3 Å². The topological polar surface area (TPSA) is 29.6 Å². The van der Waals surface area contributed by atoms with Crippen molar-refractivity contribution in [3.63, 3.8) is 0 Å². The first-order valence-corrected chi connectivity index (χ1v) is 9.00. The van der Waals surface area contributed by atoms with Crippen molar-refractivity contribution in [2.24, 2.45) is 17.3 Å². The summed E-state index contributed by atoms with van der Waals surface area (Å²) in [5.74, 6) is 0. The monoisotopic (exact) mass is 341 g/mol. The van der Waals surface area contributed by atoms with Crippen molar-refractivity contribution < 1.29 is 0 Å². The van der Waals surface area contributed by atoms with Crippen LogP contribution < -0.4 is 4.80 Å². The maximum atomic E-state index is 4.66. The maximum absolute atomic E-state index is 4.66. The highest BCUT2D eigenvalue weighted by Gasteiger charge is 2.23. The van der Waals surface area contributed by atoms with E-state index in [1.54, 1.807) is 11.3 Å². The van der Waals surface area contributed by atoms with Gasteiger partial charge in [0, 0.05) is 18.2 Å². The number of thiazole rings is 1. The van der Waals surface area contributed by atoms with Crippen molar-refractivity contribution in [2.45, 2.75) is 0 Å². The van der Waals surface area contributed by atoms with Gasteiger partial charge in [-0.1, -0.05) is 72.0 Å². The molecule has 0 fully saturated rings. The average molecular weight is 341 g/mol. The van der Waals surface area contributed by atoms with Gasteiger partial charge in [-0.05, 0) is 23.3 Å². The number of nitrogens with zero attached hydrogens (tertiary/aromatic N) is 3. The second kappa shape index (κ2) is 5.53. The van der Waals surface area contributed by atoms with Crippen LogP contribution in [0.15, 0.2) is 83.0 Å². The first kappa shape index (κ1) is 14.4. The molecule has 4 heteroatoms. The molecular weight excluding hydrogens is 326 g/mol. The molecule has 0 aliphatic heterocycles. The predicted octanol–water partition coefficient (Wildman–Crippen LogP) is 4.57. The highest BCUT2D eigenvalue weighted by Crippen LogP contribution is 2.36. The fourth-order valence-electron chi connectivity index (χ4n) is 3.37. The number of aryl methyl sites for hydroxylation is 1. The van der Waals surface area contributed by atoms with Crippen molar-refractivity contribution in [1.82, 2.24) is 4.57 Å². The van der Waals surface area contributed by atoms with Crippen LogP contribution in [0.4, 0.5) is 0 Å². The van der Waals surface area contributed by atoms with Gasteiger partial charge in [0.2, 0.25) is 4.80 Å². The number of aromatic nitrogens is 1. The van der Waals surface area contributed by atoms with E-state index in [9.17, 15) is 0 Å². The van der Waals surface area contributed by atoms with Crippen molar-refractivity contribution in [3.8, 4) is 11.1 Å². The van der Waals surface area contributed by atoms with Crippen molar-refractivity contribution in [1.29, 1.82) is 0 Å². The Bertz CT molecular complexity index is 1160. The Morgan fingerprint density at radius 2 is 1.24 bits per heavy atom. The van der Waals surface area contributed by atoms with Crippen LogP contribution >= 0.6 is 11.3 Å². The number of hydrogen-bond acceptors (Lipinski definition) is 3. The molecule has 120 valence electrons. The lowest BCUT2D eigenvalue weighted by molar-refractivity contribution is 0.888. The summed E-state index contributed by atoms with van der Waals surface area (Å²) in [6, 6.07) is 25.1. The molecule has 0 radical (unpaired) electrons. The molecule has 25 heavy (non-hydrogen) atoms. The van der Waals surface area contributed by atoms with Crippen molar-refractivity contribution >= 4 is 27.3 Å². The smallest absolute Gasteiger partial charge is 0.211 e. The molecule has 3 nitrogen and oxygen atoms in total. The van der Waals surface area contributed by atoms with E-state index in [4.69, 9.17) is 0 Å². The number of fused-ring (bicyclic) bond motifs is 4. The Labute approximate surface area is 149 Å². The Morgan fingerprint density at radius 1 is 0.680 bits per heavy atom. The minimum Gasteiger partial charge on any atom is -0.318 e. The quantitative estimate of drug-likeness (QED) is 0.400. The van der Waals surface area contributed by atoms with Gasteiger partial charge in [-0.15, -0.1) is 10.2 Å². The van der Waals surface area contributed by atoms with Gasteiger partial charge in [0.15, 0.2) is 0 Å². The average Bonchev–Trinajstić information content (AvgIpc) is 3.16. The van der Waals surface area contributed by atoms with Crippen LogP contribution in [0, 0.1) is 0 Å². The molecule has 1 aromatic heterocycles. The Kier molecular flexibility index (Phi) is 3.18. The van der Waals surface area contributed by atoms with Crippen LogP contribution in [-0.4, -0.2) is 10.3 Å². The summed E-state index contributed by atoms with van der Waals surface area (Å²) in [5, 5.41) is 9.26. The van der Waals surface area contributed by atoms with Gasteiger partial charge in [0.25, 0.3) is 0 Å². The van der Waals surface area contributed by atoms with E-state index in [-0.39, 0.29) is 0 Å². The van der Waals surface area contributed by atoms with Crippen LogP contribution in [0.3, 0.4) is 0 Å². The van der Waals surface area contributed by atoms with E-state index in [2.05, 4.69) is 81.5 Å². The van der Waals surface area contributed by atoms with Crippen LogP contribution in [0.1, 0.15) is 11.1 Å². The van der Waals surface area contributed by atoms with Crippen LogP contribution in [0.5, 0.6) is 0 Å². The van der Waals surface area contributed by atoms with E-state index < -0.39 is 0 Å². The van der Waals surface area contributed by atoms with Gasteiger partial charge >= 0.3 is 0 Å². The fraction of sp³-hybridized carbons (Fsp3) is 0.0476. The SMILES string of the molecule is Cn1/c(=N/N=C2c3ccccc3-c3ccccc32)sc2ccccc21. The molecule has 1 aliphatic rings. The molecule has 0 atom stereocenters. The maximum Gasteiger partial charge on any atom is 0.211 e. The van der Waals surface area contributed by atoms with Gasteiger partial charge in [-0.2, -0.15) is 0 Å². The molecule has 4 aromatic rings. The minimum atomic E-state index is 0.899. The minimum absolute atomic E-state index is 0.899. The molecule has 1 heterocycles. The summed E-state index contributed by atoms with van der Waals surface area (Å²) in [7, 11) is 2.04. The molecule has 0 bridgehead atoms. The normalized spacial score (nSPS) is 13.2. The Morgan fingerprint density at radius 3 is 1.88 bits per heavy atom. The van der Waals surface area contributed by atoms with E-state index in [1.165, 1.54) is 21.3 Å². The summed E-state index contributed by atoms with van der Waals surface area (Å²) in [5.41, 5.74) is 6.88. The highest BCUT2D eigenvalue weighted by atomic mass is 32.1. The molecule has 1 aliphatic carbocycles. The lowest BCUT2D eigenvalue weighted by Gasteiger charge is -1.98. The molecule has 0 N–H and O–H groups in total. The number of benzene rings is 3. The zero-order chi connectivity index (χ0) is 16.8. The van der Waals surface area contributed by atoms with Crippen molar-refractivity contribution in [3.05, 3.63) is 88.7 Å². The first-order valence-electron chi connectivity index (χ1n) is 8.18. The number of para-hydroxylation sites is 1. The summed E-state index contributed by atoms with van der Waals surface area (Å²) < 4.78 is 3.31. The van der Waals surface area contributed by atoms with Crippen LogP contribution in [-0.2, 0) is 7.05 Å². The Balaban J connectivity index is 1.74. The standard InChI is InChI=1S/C21H15N3S/c1-24-18-12-6-7-13-19(18)25-21(24)23-22-20-16-10-4-2-8-14(16)15-9-3-5-11-17(15)20/h2-13H,1H3/b23-21-. The van der Waals surface area contributed by atoms with Gasteiger partial charge in [0.1, 0.15) is 5.71 Å². The lowest BCUT2D eigenvalue weighted by atomic mass is 10.1. The molecule has 5 rings (SSSR count). The number of hydrogen-bond donors (Lipinski definition) is 0. The van der Waals surface area contributed by atoms with Gasteiger partial charge < -0.3 is 4.57 Å². The highest BCUT2D eigenvalue weighted by molar-refractivity contribution is 7.16. The molecule has 0 unspecified atom stereocenters. The summed E-state index contributed by atoms with van der Waals surface area (Å²) >= 11 is 1.66. The largest absolute Gasteiger partial charge is 0.318 e. The predicted molar refractivity (Wildman–Crippen MR) is 104 cm³/mol. The van der Waals surface area contributed by atoms with Gasteiger partial charge in [0.05, 0.1) is 10.2 Å². The summed E-state index contributed by atoms with van der Waals surface area (Å²) in [4.78, 5) is 0.899. The zero-order valence-corrected chi connectivity index (χ0v) is 14.5. The molecule has 0 amide bonds. The van der Waals surface area contributed by atoms with Crippen LogP contribution in [0.2, 0.25) is 0 Å². The summed E-state index contributed by atoms with van der Waals surface area (Å²) in [6.45, 7) is 0. The summed E-state index contributed by atoms with van der Waals surface area (Å²) in [6.07, 6.45) is 0. The Hall–Kier alpha value is -2.98. The molecule has 0 saturated heterocycles.